The van der Waals surface area contributed by atoms with E-state index in [1.54, 1.807) is 6.08 Å². The summed E-state index contributed by atoms with van der Waals surface area (Å²) in [5.41, 5.74) is 2.31. The number of nitrogens with one attached hydrogen (secondary N) is 1. The average Bonchev–Trinajstić information content (AvgIpc) is 2.86. The number of hydrogen-bond acceptors (Lipinski definition) is 2. The van der Waals surface area contributed by atoms with E-state index in [0.717, 1.165) is 31.5 Å². The molecule has 1 aromatic carbocycles. The Hall–Kier alpha value is -1.61. The molecule has 2 rings (SSSR count). The van der Waals surface area contributed by atoms with Crippen molar-refractivity contribution in [3.63, 3.8) is 0 Å². The van der Waals surface area contributed by atoms with Crippen LogP contribution in [0.25, 0.3) is 6.08 Å². The minimum atomic E-state index is 0.123. The van der Waals surface area contributed by atoms with E-state index >= 15 is 0 Å². The molecule has 19 heavy (non-hydrogen) atoms. The fourth-order valence-corrected chi connectivity index (χ4v) is 2.51. The van der Waals surface area contributed by atoms with Gasteiger partial charge in [-0.25, -0.2) is 0 Å². The minimum Gasteiger partial charge on any atom is -0.335 e. The minimum absolute atomic E-state index is 0.123. The topological polar surface area (TPSA) is 32.3 Å². The van der Waals surface area contributed by atoms with Crippen molar-refractivity contribution in [1.82, 2.24) is 10.2 Å². The van der Waals surface area contributed by atoms with E-state index in [-0.39, 0.29) is 5.91 Å². The van der Waals surface area contributed by atoms with Gasteiger partial charge in [-0.15, -0.1) is 0 Å². The van der Waals surface area contributed by atoms with Gasteiger partial charge in [0.05, 0.1) is 0 Å². The third kappa shape index (κ3) is 3.67. The number of amides is 1. The van der Waals surface area contributed by atoms with Gasteiger partial charge in [0.1, 0.15) is 0 Å². The summed E-state index contributed by atoms with van der Waals surface area (Å²) in [6.45, 7) is 3.82. The molecule has 0 bridgehead atoms. The Bertz CT molecular complexity index is 450. The van der Waals surface area contributed by atoms with Crippen molar-refractivity contribution in [3.05, 3.63) is 41.5 Å². The predicted octanol–water partition coefficient (Wildman–Crippen LogP) is 2.22. The Balaban J connectivity index is 1.98. The van der Waals surface area contributed by atoms with Crippen LogP contribution in [0.3, 0.4) is 0 Å². The lowest BCUT2D eigenvalue weighted by Crippen LogP contribution is -2.39. The van der Waals surface area contributed by atoms with Crippen LogP contribution in [0.1, 0.15) is 24.0 Å². The first-order chi connectivity index (χ1) is 9.20. The standard InChI is InChI=1S/C16H22N2O/c1-13-5-7-14(8-6-13)9-10-16(19)18-11-3-4-15(18)12-17-2/h5-10,15,17H,3-4,11-12H2,1-2H3. The van der Waals surface area contributed by atoms with E-state index in [1.165, 1.54) is 5.56 Å². The Kier molecular flexibility index (Phi) is 4.74. The van der Waals surface area contributed by atoms with Crippen molar-refractivity contribution in [1.29, 1.82) is 0 Å². The summed E-state index contributed by atoms with van der Waals surface area (Å²) < 4.78 is 0. The second-order valence-corrected chi connectivity index (χ2v) is 5.13. The smallest absolute Gasteiger partial charge is 0.246 e. The SMILES string of the molecule is CNCC1CCCN1C(=O)C=Cc1ccc(C)cc1. The number of carbonyl (C=O) groups excluding carboxylic acids is 1. The molecule has 102 valence electrons. The highest BCUT2D eigenvalue weighted by Crippen LogP contribution is 2.17. The number of aryl methyl sites for hydroxylation is 1. The fraction of sp³-hybridized carbons (Fsp3) is 0.438. The van der Waals surface area contributed by atoms with Crippen LogP contribution in [-0.2, 0) is 4.79 Å². The van der Waals surface area contributed by atoms with Gasteiger partial charge in [0.2, 0.25) is 5.91 Å². The Morgan fingerprint density at radius 2 is 2.16 bits per heavy atom. The molecule has 0 radical (unpaired) electrons. The van der Waals surface area contributed by atoms with E-state index in [2.05, 4.69) is 24.4 Å². The van der Waals surface area contributed by atoms with Crippen molar-refractivity contribution in [2.45, 2.75) is 25.8 Å². The molecular formula is C16H22N2O. The van der Waals surface area contributed by atoms with Gasteiger partial charge in [-0.1, -0.05) is 29.8 Å². The van der Waals surface area contributed by atoms with Crippen LogP contribution >= 0.6 is 0 Å². The molecule has 1 N–H and O–H groups in total. The zero-order valence-corrected chi connectivity index (χ0v) is 11.7. The largest absolute Gasteiger partial charge is 0.335 e. The number of likely N-dealkylation sites (tertiary alicyclic amines) is 1. The number of nitrogens with zero attached hydrogens (tertiary/aromatic N) is 1. The zero-order chi connectivity index (χ0) is 13.7. The van der Waals surface area contributed by atoms with Crippen LogP contribution in [0, 0.1) is 6.92 Å². The fourth-order valence-electron chi connectivity index (χ4n) is 2.51. The number of benzene rings is 1. The molecule has 0 saturated carbocycles. The summed E-state index contributed by atoms with van der Waals surface area (Å²) in [6.07, 6.45) is 5.80. The van der Waals surface area contributed by atoms with Gasteiger partial charge in [-0.3, -0.25) is 4.79 Å². The van der Waals surface area contributed by atoms with E-state index in [0.29, 0.717) is 6.04 Å². The lowest BCUT2D eigenvalue weighted by Gasteiger charge is -2.23. The number of carbonyl (C=O) groups is 1. The van der Waals surface area contributed by atoms with Crippen LogP contribution in [0.5, 0.6) is 0 Å². The molecule has 0 spiro atoms. The molecule has 0 aromatic heterocycles. The maximum absolute atomic E-state index is 12.2. The summed E-state index contributed by atoms with van der Waals surface area (Å²) in [7, 11) is 1.93. The van der Waals surface area contributed by atoms with Gasteiger partial charge in [-0.05, 0) is 38.5 Å². The maximum atomic E-state index is 12.2. The molecule has 1 amide bonds. The summed E-state index contributed by atoms with van der Waals surface area (Å²) in [5, 5.41) is 3.16. The molecule has 3 nitrogen and oxygen atoms in total. The average molecular weight is 258 g/mol. The first kappa shape index (κ1) is 13.8. The molecule has 1 unspecified atom stereocenters. The molecule has 1 aliphatic heterocycles. The summed E-state index contributed by atoms with van der Waals surface area (Å²) in [6, 6.07) is 8.54. The first-order valence-corrected chi connectivity index (χ1v) is 6.90. The van der Waals surface area contributed by atoms with Crippen LogP contribution < -0.4 is 5.32 Å². The predicted molar refractivity (Wildman–Crippen MR) is 78.9 cm³/mol. The second kappa shape index (κ2) is 6.53. The molecule has 1 heterocycles. The van der Waals surface area contributed by atoms with Crippen LogP contribution in [0.15, 0.2) is 30.3 Å². The van der Waals surface area contributed by atoms with Gasteiger partial charge in [-0.2, -0.15) is 0 Å². The highest BCUT2D eigenvalue weighted by Gasteiger charge is 2.26. The highest BCUT2D eigenvalue weighted by atomic mass is 16.2. The lowest BCUT2D eigenvalue weighted by molar-refractivity contribution is -0.126. The first-order valence-electron chi connectivity index (χ1n) is 6.90. The van der Waals surface area contributed by atoms with Crippen molar-refractivity contribution < 1.29 is 4.79 Å². The van der Waals surface area contributed by atoms with Gasteiger partial charge in [0, 0.05) is 25.2 Å². The second-order valence-electron chi connectivity index (χ2n) is 5.13. The molecule has 1 aliphatic rings. The van der Waals surface area contributed by atoms with E-state index < -0.39 is 0 Å². The molecule has 1 fully saturated rings. The lowest BCUT2D eigenvalue weighted by atomic mass is 10.1. The normalized spacial score (nSPS) is 19.3. The van der Waals surface area contributed by atoms with Crippen molar-refractivity contribution in [2.24, 2.45) is 0 Å². The van der Waals surface area contributed by atoms with Crippen molar-refractivity contribution >= 4 is 12.0 Å². The maximum Gasteiger partial charge on any atom is 0.246 e. The molecule has 1 atom stereocenters. The third-order valence-electron chi connectivity index (χ3n) is 3.60. The van der Waals surface area contributed by atoms with E-state index in [4.69, 9.17) is 0 Å². The molecule has 1 saturated heterocycles. The van der Waals surface area contributed by atoms with Crippen molar-refractivity contribution in [2.75, 3.05) is 20.1 Å². The molecule has 3 heteroatoms. The molecule has 1 aromatic rings. The summed E-state index contributed by atoms with van der Waals surface area (Å²) >= 11 is 0. The van der Waals surface area contributed by atoms with Gasteiger partial charge >= 0.3 is 0 Å². The number of hydrogen-bond donors (Lipinski definition) is 1. The Morgan fingerprint density at radius 1 is 1.42 bits per heavy atom. The Morgan fingerprint density at radius 3 is 2.84 bits per heavy atom. The van der Waals surface area contributed by atoms with Gasteiger partial charge in [0.15, 0.2) is 0 Å². The monoisotopic (exact) mass is 258 g/mol. The van der Waals surface area contributed by atoms with E-state index in [1.807, 2.05) is 30.2 Å². The van der Waals surface area contributed by atoms with Gasteiger partial charge < -0.3 is 10.2 Å². The highest BCUT2D eigenvalue weighted by molar-refractivity contribution is 5.92. The summed E-state index contributed by atoms with van der Waals surface area (Å²) in [5.74, 6) is 0.123. The molecule has 0 aliphatic carbocycles. The third-order valence-corrected chi connectivity index (χ3v) is 3.60. The van der Waals surface area contributed by atoms with E-state index in [9.17, 15) is 4.79 Å². The van der Waals surface area contributed by atoms with Gasteiger partial charge in [0.25, 0.3) is 0 Å². The number of likely N-dealkylation sites (N-methyl/N-ethyl adjacent to an activating group) is 1. The van der Waals surface area contributed by atoms with Crippen molar-refractivity contribution in [3.8, 4) is 0 Å². The van der Waals surface area contributed by atoms with Crippen LogP contribution in [0.4, 0.5) is 0 Å². The molecular weight excluding hydrogens is 236 g/mol. The summed E-state index contributed by atoms with van der Waals surface area (Å²) in [4.78, 5) is 14.2. The zero-order valence-electron chi connectivity index (χ0n) is 11.7. The number of rotatable bonds is 4. The van der Waals surface area contributed by atoms with Crippen LogP contribution in [0.2, 0.25) is 0 Å². The quantitative estimate of drug-likeness (QED) is 0.840. The Labute approximate surface area is 115 Å². The van der Waals surface area contributed by atoms with Crippen LogP contribution in [-0.4, -0.2) is 37.0 Å².